The average molecular weight is 273 g/mol. The second-order valence-electron chi connectivity index (χ2n) is 4.24. The molecule has 2 aromatic rings. The topological polar surface area (TPSA) is 116 Å². The molecule has 104 valence electrons. The van der Waals surface area contributed by atoms with E-state index in [2.05, 4.69) is 20.7 Å². The minimum Gasteiger partial charge on any atom is -0.409 e. The average Bonchev–Trinajstić information content (AvgIpc) is 2.98. The van der Waals surface area contributed by atoms with E-state index in [0.717, 1.165) is 11.1 Å². The Morgan fingerprint density at radius 3 is 2.70 bits per heavy atom. The van der Waals surface area contributed by atoms with Gasteiger partial charge in [0.25, 0.3) is 0 Å². The Labute approximate surface area is 115 Å². The van der Waals surface area contributed by atoms with Crippen LogP contribution in [0.15, 0.2) is 41.8 Å². The highest BCUT2D eigenvalue weighted by Crippen LogP contribution is 2.05. The van der Waals surface area contributed by atoms with Crippen LogP contribution >= 0.6 is 0 Å². The molecule has 0 fully saturated rings. The van der Waals surface area contributed by atoms with Crippen molar-refractivity contribution in [1.29, 1.82) is 0 Å². The molecule has 2 rings (SSSR count). The lowest BCUT2D eigenvalue weighted by atomic mass is 10.1. The Kier molecular flexibility index (Phi) is 4.33. The summed E-state index contributed by atoms with van der Waals surface area (Å²) < 4.78 is 0. The summed E-state index contributed by atoms with van der Waals surface area (Å²) in [6.45, 7) is 0.442. The molecule has 0 saturated carbocycles. The summed E-state index contributed by atoms with van der Waals surface area (Å²) in [4.78, 5) is 11.8. The number of rotatable bonds is 5. The maximum atomic E-state index is 11.8. The number of aromatic nitrogens is 2. The lowest BCUT2D eigenvalue weighted by Crippen LogP contribution is -2.24. The summed E-state index contributed by atoms with van der Waals surface area (Å²) in [6.07, 6.45) is 3.66. The third-order valence-electron chi connectivity index (χ3n) is 2.77. The van der Waals surface area contributed by atoms with E-state index in [1.807, 2.05) is 0 Å². The molecule has 0 unspecified atom stereocenters. The number of nitrogens with one attached hydrogen (secondary N) is 2. The van der Waals surface area contributed by atoms with Crippen LogP contribution in [-0.4, -0.2) is 27.1 Å². The smallest absolute Gasteiger partial charge is 0.224 e. The highest BCUT2D eigenvalue weighted by Gasteiger charge is 2.05. The van der Waals surface area contributed by atoms with E-state index in [-0.39, 0.29) is 18.2 Å². The van der Waals surface area contributed by atoms with Gasteiger partial charge in [-0.25, -0.2) is 0 Å². The van der Waals surface area contributed by atoms with Gasteiger partial charge >= 0.3 is 0 Å². The minimum absolute atomic E-state index is 0.0426. The zero-order valence-corrected chi connectivity index (χ0v) is 10.7. The van der Waals surface area contributed by atoms with Crippen molar-refractivity contribution in [2.24, 2.45) is 10.9 Å². The number of amidine groups is 1. The molecule has 5 N–H and O–H groups in total. The number of nitrogens with zero attached hydrogens (tertiary/aromatic N) is 2. The molecule has 0 spiro atoms. The molecule has 20 heavy (non-hydrogen) atoms. The molecule has 1 heterocycles. The largest absolute Gasteiger partial charge is 0.409 e. The Morgan fingerprint density at radius 2 is 2.10 bits per heavy atom. The van der Waals surface area contributed by atoms with Crippen molar-refractivity contribution in [3.63, 3.8) is 0 Å². The molecule has 1 amide bonds. The fourth-order valence-electron chi connectivity index (χ4n) is 1.67. The maximum absolute atomic E-state index is 11.8. The second kappa shape index (κ2) is 6.37. The van der Waals surface area contributed by atoms with Gasteiger partial charge in [-0.2, -0.15) is 5.10 Å². The summed E-state index contributed by atoms with van der Waals surface area (Å²) in [5, 5.41) is 20.7. The van der Waals surface area contributed by atoms with Gasteiger partial charge in [-0.3, -0.25) is 9.89 Å². The zero-order chi connectivity index (χ0) is 14.4. The Balaban J connectivity index is 1.88. The van der Waals surface area contributed by atoms with Gasteiger partial charge in [-0.15, -0.1) is 0 Å². The zero-order valence-electron chi connectivity index (χ0n) is 10.7. The molecular formula is C13H15N5O2. The summed E-state index contributed by atoms with van der Waals surface area (Å²) in [5.74, 6) is -0.0382. The third kappa shape index (κ3) is 3.58. The molecule has 0 bridgehead atoms. The number of aromatic amines is 1. The van der Waals surface area contributed by atoms with E-state index >= 15 is 0 Å². The van der Waals surface area contributed by atoms with Crippen molar-refractivity contribution < 1.29 is 10.0 Å². The SMILES string of the molecule is NC(=NO)c1ccc(CC(=O)NCc2cn[nH]c2)cc1. The fraction of sp³-hybridized carbons (Fsp3) is 0.154. The van der Waals surface area contributed by atoms with Crippen LogP contribution in [0, 0.1) is 0 Å². The van der Waals surface area contributed by atoms with Crippen molar-refractivity contribution in [2.45, 2.75) is 13.0 Å². The van der Waals surface area contributed by atoms with Crippen LogP contribution in [0.2, 0.25) is 0 Å². The highest BCUT2D eigenvalue weighted by molar-refractivity contribution is 5.97. The van der Waals surface area contributed by atoms with Crippen LogP contribution in [0.25, 0.3) is 0 Å². The molecule has 1 aromatic heterocycles. The van der Waals surface area contributed by atoms with Crippen LogP contribution < -0.4 is 11.1 Å². The summed E-state index contributed by atoms with van der Waals surface area (Å²) in [5.41, 5.74) is 7.83. The lowest BCUT2D eigenvalue weighted by Gasteiger charge is -2.05. The van der Waals surface area contributed by atoms with E-state index in [0.29, 0.717) is 12.1 Å². The normalized spacial score (nSPS) is 11.3. The Hall–Kier alpha value is -2.83. The Bertz CT molecular complexity index is 590. The molecule has 0 aliphatic carbocycles. The van der Waals surface area contributed by atoms with E-state index in [4.69, 9.17) is 10.9 Å². The summed E-state index contributed by atoms with van der Waals surface area (Å²) in [6, 6.07) is 6.94. The highest BCUT2D eigenvalue weighted by atomic mass is 16.4. The monoisotopic (exact) mass is 273 g/mol. The third-order valence-corrected chi connectivity index (χ3v) is 2.77. The molecule has 0 saturated heterocycles. The van der Waals surface area contributed by atoms with Gasteiger partial charge in [0.2, 0.25) is 5.91 Å². The van der Waals surface area contributed by atoms with Crippen LogP contribution in [0.1, 0.15) is 16.7 Å². The van der Waals surface area contributed by atoms with Gasteiger partial charge in [-0.05, 0) is 5.56 Å². The van der Waals surface area contributed by atoms with Crippen molar-refractivity contribution in [2.75, 3.05) is 0 Å². The number of benzene rings is 1. The molecule has 7 heteroatoms. The van der Waals surface area contributed by atoms with Gasteiger partial charge in [-0.1, -0.05) is 29.4 Å². The number of amides is 1. The van der Waals surface area contributed by atoms with Gasteiger partial charge in [0.15, 0.2) is 5.84 Å². The van der Waals surface area contributed by atoms with Crippen molar-refractivity contribution in [1.82, 2.24) is 15.5 Å². The summed E-state index contributed by atoms with van der Waals surface area (Å²) in [7, 11) is 0. The van der Waals surface area contributed by atoms with Crippen molar-refractivity contribution in [3.05, 3.63) is 53.3 Å². The van der Waals surface area contributed by atoms with Gasteiger partial charge in [0.1, 0.15) is 0 Å². The number of hydrogen-bond acceptors (Lipinski definition) is 4. The first-order chi connectivity index (χ1) is 9.69. The first-order valence-corrected chi connectivity index (χ1v) is 6.00. The van der Waals surface area contributed by atoms with E-state index in [1.165, 1.54) is 0 Å². The first kappa shape index (κ1) is 13.6. The number of carbonyl (C=O) groups is 1. The molecule has 0 atom stereocenters. The molecule has 0 aliphatic rings. The fourth-order valence-corrected chi connectivity index (χ4v) is 1.67. The predicted molar refractivity (Wildman–Crippen MR) is 73.1 cm³/mol. The van der Waals surface area contributed by atoms with Crippen molar-refractivity contribution in [3.8, 4) is 0 Å². The Morgan fingerprint density at radius 1 is 1.35 bits per heavy atom. The van der Waals surface area contributed by atoms with Crippen LogP contribution in [-0.2, 0) is 17.8 Å². The molecular weight excluding hydrogens is 258 g/mol. The molecule has 0 radical (unpaired) electrons. The second-order valence-corrected chi connectivity index (χ2v) is 4.24. The van der Waals surface area contributed by atoms with Crippen LogP contribution in [0.5, 0.6) is 0 Å². The van der Waals surface area contributed by atoms with Gasteiger partial charge < -0.3 is 16.3 Å². The minimum atomic E-state index is -0.0808. The number of hydrogen-bond donors (Lipinski definition) is 4. The van der Waals surface area contributed by atoms with Gasteiger partial charge in [0.05, 0.1) is 12.6 Å². The van der Waals surface area contributed by atoms with E-state index < -0.39 is 0 Å². The summed E-state index contributed by atoms with van der Waals surface area (Å²) >= 11 is 0. The lowest BCUT2D eigenvalue weighted by molar-refractivity contribution is -0.120. The quantitative estimate of drug-likeness (QED) is 0.272. The number of oxime groups is 1. The van der Waals surface area contributed by atoms with Crippen LogP contribution in [0.4, 0.5) is 0 Å². The predicted octanol–water partition coefficient (Wildman–Crippen LogP) is 0.363. The molecule has 1 aromatic carbocycles. The van der Waals surface area contributed by atoms with Gasteiger partial charge in [0, 0.05) is 23.9 Å². The first-order valence-electron chi connectivity index (χ1n) is 6.00. The van der Waals surface area contributed by atoms with E-state index in [9.17, 15) is 4.79 Å². The van der Waals surface area contributed by atoms with Crippen molar-refractivity contribution >= 4 is 11.7 Å². The number of carbonyl (C=O) groups excluding carboxylic acids is 1. The van der Waals surface area contributed by atoms with Crippen LogP contribution in [0.3, 0.4) is 0 Å². The van der Waals surface area contributed by atoms with E-state index in [1.54, 1.807) is 36.7 Å². The molecule has 0 aliphatic heterocycles. The number of H-pyrrole nitrogens is 1. The maximum Gasteiger partial charge on any atom is 0.224 e. The standard InChI is InChI=1S/C13H15N5O2/c14-13(18-20)11-3-1-9(2-4-11)5-12(19)15-6-10-7-16-17-8-10/h1-4,7-8,20H,5-6H2,(H2,14,18)(H,15,19)(H,16,17). The number of nitrogens with two attached hydrogens (primary N) is 1. The molecule has 7 nitrogen and oxygen atoms in total.